The van der Waals surface area contributed by atoms with Crippen LogP contribution >= 0.6 is 0 Å². The van der Waals surface area contributed by atoms with Crippen molar-refractivity contribution in [1.29, 1.82) is 0 Å². The number of benzene rings is 1. The highest BCUT2D eigenvalue weighted by Gasteiger charge is 2.37. The number of carbonyl (C=O) groups excluding carboxylic acids is 2. The lowest BCUT2D eigenvalue weighted by Gasteiger charge is -2.38. The van der Waals surface area contributed by atoms with Gasteiger partial charge in [-0.1, -0.05) is 13.0 Å². The standard InChI is InChI=1S/C17H24N2O3/c1-6-13-16(20)19(12(5)17(21)22-10(2)3)15-8-7-11(4)9-14(15)18-13/h7-10,12-13,18H,6H2,1-5H3. The van der Waals surface area contributed by atoms with Crippen molar-refractivity contribution in [2.24, 2.45) is 0 Å². The van der Waals surface area contributed by atoms with Crippen LogP contribution < -0.4 is 10.2 Å². The monoisotopic (exact) mass is 304 g/mol. The van der Waals surface area contributed by atoms with Gasteiger partial charge in [-0.15, -0.1) is 0 Å². The van der Waals surface area contributed by atoms with E-state index in [0.29, 0.717) is 6.42 Å². The van der Waals surface area contributed by atoms with Gasteiger partial charge in [-0.05, 0) is 51.8 Å². The third-order valence-corrected chi connectivity index (χ3v) is 3.77. The van der Waals surface area contributed by atoms with Crippen LogP contribution in [-0.4, -0.2) is 30.1 Å². The van der Waals surface area contributed by atoms with E-state index in [4.69, 9.17) is 4.74 Å². The molecule has 0 saturated carbocycles. The number of fused-ring (bicyclic) bond motifs is 1. The topological polar surface area (TPSA) is 58.6 Å². The largest absolute Gasteiger partial charge is 0.461 e. The third kappa shape index (κ3) is 3.08. The number of amides is 1. The summed E-state index contributed by atoms with van der Waals surface area (Å²) < 4.78 is 5.27. The Kier molecular flexibility index (Phi) is 4.74. The Morgan fingerprint density at radius 1 is 1.36 bits per heavy atom. The summed E-state index contributed by atoms with van der Waals surface area (Å²) in [5.41, 5.74) is 2.72. The van der Waals surface area contributed by atoms with Crippen LogP contribution in [0, 0.1) is 6.92 Å². The first-order valence-electron chi connectivity index (χ1n) is 7.75. The summed E-state index contributed by atoms with van der Waals surface area (Å²) in [6.07, 6.45) is 0.460. The lowest BCUT2D eigenvalue weighted by molar-refractivity contribution is -0.149. The van der Waals surface area contributed by atoms with Crippen molar-refractivity contribution in [3.8, 4) is 0 Å². The molecule has 0 spiro atoms. The highest BCUT2D eigenvalue weighted by Crippen LogP contribution is 2.34. The van der Waals surface area contributed by atoms with Gasteiger partial charge in [0.05, 0.1) is 17.5 Å². The van der Waals surface area contributed by atoms with Crippen molar-refractivity contribution < 1.29 is 14.3 Å². The fourth-order valence-electron chi connectivity index (χ4n) is 2.62. The number of nitrogens with zero attached hydrogens (tertiary/aromatic N) is 1. The van der Waals surface area contributed by atoms with E-state index >= 15 is 0 Å². The summed E-state index contributed by atoms with van der Waals surface area (Å²) in [5, 5.41) is 3.26. The number of ether oxygens (including phenoxy) is 1. The Morgan fingerprint density at radius 3 is 2.64 bits per heavy atom. The quantitative estimate of drug-likeness (QED) is 0.869. The Labute approximate surface area is 131 Å². The summed E-state index contributed by atoms with van der Waals surface area (Å²) in [6, 6.07) is 4.85. The molecule has 2 rings (SSSR count). The van der Waals surface area contributed by atoms with Gasteiger partial charge in [-0.3, -0.25) is 9.69 Å². The first kappa shape index (κ1) is 16.3. The van der Waals surface area contributed by atoms with Crippen LogP contribution in [0.15, 0.2) is 18.2 Å². The van der Waals surface area contributed by atoms with Crippen molar-refractivity contribution in [3.05, 3.63) is 23.8 Å². The third-order valence-electron chi connectivity index (χ3n) is 3.77. The highest BCUT2D eigenvalue weighted by molar-refractivity contribution is 6.08. The average molecular weight is 304 g/mol. The van der Waals surface area contributed by atoms with Gasteiger partial charge in [0.2, 0.25) is 5.91 Å². The van der Waals surface area contributed by atoms with Gasteiger partial charge in [0, 0.05) is 0 Å². The second-order valence-electron chi connectivity index (χ2n) is 6.00. The Bertz CT molecular complexity index is 583. The molecule has 120 valence electrons. The maximum Gasteiger partial charge on any atom is 0.329 e. The van der Waals surface area contributed by atoms with Crippen molar-refractivity contribution in [2.45, 2.75) is 59.2 Å². The normalized spacial score (nSPS) is 18.7. The number of hydrogen-bond acceptors (Lipinski definition) is 4. The van der Waals surface area contributed by atoms with Crippen LogP contribution in [-0.2, 0) is 14.3 Å². The summed E-state index contributed by atoms with van der Waals surface area (Å²) in [4.78, 5) is 26.5. The molecule has 2 atom stereocenters. The van der Waals surface area contributed by atoms with E-state index in [1.54, 1.807) is 25.7 Å². The molecule has 0 fully saturated rings. The molecule has 1 heterocycles. The second-order valence-corrected chi connectivity index (χ2v) is 6.00. The van der Waals surface area contributed by atoms with Crippen LogP contribution in [0.25, 0.3) is 0 Å². The molecule has 5 heteroatoms. The summed E-state index contributed by atoms with van der Waals surface area (Å²) in [6.45, 7) is 9.27. The molecule has 1 aromatic rings. The number of esters is 1. The minimum atomic E-state index is -0.646. The minimum Gasteiger partial charge on any atom is -0.461 e. The predicted octanol–water partition coefficient (Wildman–Crippen LogP) is 2.87. The molecule has 0 bridgehead atoms. The van der Waals surface area contributed by atoms with Gasteiger partial charge >= 0.3 is 5.97 Å². The molecular weight excluding hydrogens is 280 g/mol. The number of hydrogen-bond donors (Lipinski definition) is 1. The van der Waals surface area contributed by atoms with Crippen LogP contribution in [0.2, 0.25) is 0 Å². The van der Waals surface area contributed by atoms with E-state index < -0.39 is 6.04 Å². The van der Waals surface area contributed by atoms with Gasteiger partial charge in [-0.2, -0.15) is 0 Å². The summed E-state index contributed by atoms with van der Waals surface area (Å²) in [7, 11) is 0. The number of carbonyl (C=O) groups is 2. The molecule has 1 N–H and O–H groups in total. The molecule has 1 aliphatic heterocycles. The molecule has 2 unspecified atom stereocenters. The molecule has 5 nitrogen and oxygen atoms in total. The van der Waals surface area contributed by atoms with Gasteiger partial charge in [0.25, 0.3) is 0 Å². The zero-order valence-corrected chi connectivity index (χ0v) is 13.8. The van der Waals surface area contributed by atoms with E-state index in [-0.39, 0.29) is 24.0 Å². The van der Waals surface area contributed by atoms with Crippen LogP contribution in [0.3, 0.4) is 0 Å². The first-order valence-corrected chi connectivity index (χ1v) is 7.75. The molecule has 1 aliphatic rings. The lowest BCUT2D eigenvalue weighted by atomic mass is 10.0. The van der Waals surface area contributed by atoms with E-state index in [1.807, 2.05) is 32.0 Å². The van der Waals surface area contributed by atoms with Crippen LogP contribution in [0.1, 0.15) is 39.7 Å². The van der Waals surface area contributed by atoms with Crippen molar-refractivity contribution in [3.63, 3.8) is 0 Å². The number of nitrogens with one attached hydrogen (secondary N) is 1. The van der Waals surface area contributed by atoms with Gasteiger partial charge < -0.3 is 10.1 Å². The first-order chi connectivity index (χ1) is 10.3. The van der Waals surface area contributed by atoms with Crippen molar-refractivity contribution in [2.75, 3.05) is 10.2 Å². The Balaban J connectivity index is 2.40. The van der Waals surface area contributed by atoms with E-state index in [9.17, 15) is 9.59 Å². The molecule has 0 aromatic heterocycles. The Hall–Kier alpha value is -2.04. The second kappa shape index (κ2) is 6.38. The Morgan fingerprint density at radius 2 is 2.05 bits per heavy atom. The predicted molar refractivity (Wildman–Crippen MR) is 87.1 cm³/mol. The van der Waals surface area contributed by atoms with Gasteiger partial charge in [0.1, 0.15) is 12.1 Å². The number of rotatable bonds is 4. The number of anilines is 2. The maximum atomic E-state index is 12.7. The molecule has 0 saturated heterocycles. The van der Waals surface area contributed by atoms with Gasteiger partial charge in [-0.25, -0.2) is 4.79 Å². The molecule has 0 aliphatic carbocycles. The molecule has 22 heavy (non-hydrogen) atoms. The average Bonchev–Trinajstić information content (AvgIpc) is 2.45. The van der Waals surface area contributed by atoms with Gasteiger partial charge in [0.15, 0.2) is 0 Å². The zero-order chi connectivity index (χ0) is 16.4. The molecule has 1 amide bonds. The lowest BCUT2D eigenvalue weighted by Crippen LogP contribution is -2.53. The summed E-state index contributed by atoms with van der Waals surface area (Å²) >= 11 is 0. The maximum absolute atomic E-state index is 12.7. The molecule has 0 radical (unpaired) electrons. The minimum absolute atomic E-state index is 0.0907. The fourth-order valence-corrected chi connectivity index (χ4v) is 2.62. The smallest absolute Gasteiger partial charge is 0.329 e. The zero-order valence-electron chi connectivity index (χ0n) is 13.8. The molecular formula is C17H24N2O3. The molecule has 1 aromatic carbocycles. The van der Waals surface area contributed by atoms with Crippen molar-refractivity contribution in [1.82, 2.24) is 0 Å². The number of aryl methyl sites for hydroxylation is 1. The van der Waals surface area contributed by atoms with E-state index in [2.05, 4.69) is 5.32 Å². The van der Waals surface area contributed by atoms with E-state index in [0.717, 1.165) is 16.9 Å². The van der Waals surface area contributed by atoms with E-state index in [1.165, 1.54) is 0 Å². The fraction of sp³-hybridized carbons (Fsp3) is 0.529. The highest BCUT2D eigenvalue weighted by atomic mass is 16.5. The van der Waals surface area contributed by atoms with Crippen molar-refractivity contribution >= 4 is 23.3 Å². The summed E-state index contributed by atoms with van der Waals surface area (Å²) in [5.74, 6) is -0.473. The van der Waals surface area contributed by atoms with Crippen LogP contribution in [0.5, 0.6) is 0 Å². The van der Waals surface area contributed by atoms with Crippen LogP contribution in [0.4, 0.5) is 11.4 Å². The SMILES string of the molecule is CCC1Nc2cc(C)ccc2N(C(C)C(=O)OC(C)C)C1=O.